The average molecular weight is 721 g/mol. The van der Waals surface area contributed by atoms with Gasteiger partial charge in [0.15, 0.2) is 5.96 Å². The minimum atomic E-state index is -0.623. The standard InChI is InChI=1S/C26H37N7O2.C15H19N3/c1-17-7-5-6-10-20(17)22-15-21(31-32-22)18-11-13-33(14-12-18)23(34)16-29-25(35)24(30-26(27)28)19-8-3-2-4-9-19;1-11-4-2-3-5-13(11)15-10-14(17-18-15)12-6-8-16-9-7-12/h5-7,10,15,18-19,24H,2-4,8-9,11-14,16H2,1H3,(H,29,35)(H,31,32)(H4,27,28,30);2-5,10,12,16H,6-9H2,1H3,(H,17,18)/t24-;/m1./s1. The van der Waals surface area contributed by atoms with Crippen molar-refractivity contribution in [2.24, 2.45) is 22.4 Å². The van der Waals surface area contributed by atoms with Crippen molar-refractivity contribution in [3.8, 4) is 22.5 Å². The molecule has 7 rings (SSSR count). The molecule has 12 heteroatoms. The van der Waals surface area contributed by atoms with E-state index in [1.807, 2.05) is 17.0 Å². The van der Waals surface area contributed by atoms with Gasteiger partial charge in [0.05, 0.1) is 17.9 Å². The van der Waals surface area contributed by atoms with Crippen LogP contribution in [-0.4, -0.2) is 81.8 Å². The van der Waals surface area contributed by atoms with Gasteiger partial charge in [0.25, 0.3) is 0 Å². The van der Waals surface area contributed by atoms with Crippen molar-refractivity contribution < 1.29 is 9.59 Å². The van der Waals surface area contributed by atoms with Crippen LogP contribution in [0.15, 0.2) is 65.7 Å². The lowest BCUT2D eigenvalue weighted by atomic mass is 9.83. The summed E-state index contributed by atoms with van der Waals surface area (Å²) in [7, 11) is 0. The summed E-state index contributed by atoms with van der Waals surface area (Å²) in [5, 5.41) is 21.6. The zero-order valence-corrected chi connectivity index (χ0v) is 31.2. The molecule has 2 aliphatic heterocycles. The number of aryl methyl sites for hydroxylation is 2. The number of benzene rings is 2. The summed E-state index contributed by atoms with van der Waals surface area (Å²) < 4.78 is 0. The number of carbonyl (C=O) groups excluding carboxylic acids is 2. The number of nitrogens with one attached hydrogen (secondary N) is 4. The molecule has 4 aromatic rings. The first-order chi connectivity index (χ1) is 25.8. The molecular weight excluding hydrogens is 665 g/mol. The Kier molecular flexibility index (Phi) is 13.0. The van der Waals surface area contributed by atoms with E-state index >= 15 is 0 Å². The van der Waals surface area contributed by atoms with E-state index < -0.39 is 6.04 Å². The van der Waals surface area contributed by atoms with Crippen LogP contribution in [0.3, 0.4) is 0 Å². The highest BCUT2D eigenvalue weighted by Crippen LogP contribution is 2.32. The van der Waals surface area contributed by atoms with Crippen molar-refractivity contribution in [2.75, 3.05) is 32.7 Å². The third-order valence-corrected chi connectivity index (χ3v) is 11.2. The van der Waals surface area contributed by atoms with Crippen molar-refractivity contribution in [3.05, 3.63) is 83.2 Å². The summed E-state index contributed by atoms with van der Waals surface area (Å²) in [6.45, 7) is 7.71. The fraction of sp³-hybridized carbons (Fsp3) is 0.488. The molecule has 0 unspecified atom stereocenters. The van der Waals surface area contributed by atoms with Gasteiger partial charge >= 0.3 is 0 Å². The number of carbonyl (C=O) groups is 2. The molecule has 0 spiro atoms. The zero-order valence-electron chi connectivity index (χ0n) is 31.2. The highest BCUT2D eigenvalue weighted by Gasteiger charge is 2.31. The van der Waals surface area contributed by atoms with Crippen LogP contribution >= 0.6 is 0 Å². The third-order valence-electron chi connectivity index (χ3n) is 11.2. The predicted molar refractivity (Wildman–Crippen MR) is 210 cm³/mol. The second-order valence-corrected chi connectivity index (χ2v) is 14.8. The summed E-state index contributed by atoms with van der Waals surface area (Å²) in [6, 6.07) is 20.3. The van der Waals surface area contributed by atoms with Crippen molar-refractivity contribution in [1.29, 1.82) is 0 Å². The third kappa shape index (κ3) is 9.92. The van der Waals surface area contributed by atoms with Gasteiger partial charge in [-0.05, 0) is 94.6 Å². The van der Waals surface area contributed by atoms with Gasteiger partial charge in [0.1, 0.15) is 6.04 Å². The number of rotatable bonds is 9. The summed E-state index contributed by atoms with van der Waals surface area (Å²) in [5.74, 6) is 0.654. The first-order valence-corrected chi connectivity index (χ1v) is 19.3. The van der Waals surface area contributed by atoms with Gasteiger partial charge in [-0.25, -0.2) is 4.99 Å². The minimum absolute atomic E-state index is 0.0335. The number of aromatic amines is 2. The number of hydrogen-bond donors (Lipinski definition) is 6. The molecule has 1 saturated carbocycles. The van der Waals surface area contributed by atoms with Gasteiger partial charge in [0.2, 0.25) is 11.8 Å². The summed E-state index contributed by atoms with van der Waals surface area (Å²) in [5.41, 5.74) is 20.4. The molecule has 2 amide bonds. The summed E-state index contributed by atoms with van der Waals surface area (Å²) in [4.78, 5) is 31.6. The lowest BCUT2D eigenvalue weighted by Crippen LogP contribution is -2.47. The number of nitrogens with two attached hydrogens (primary N) is 2. The fourth-order valence-corrected chi connectivity index (χ4v) is 8.03. The Morgan fingerprint density at radius 3 is 1.85 bits per heavy atom. The molecule has 2 saturated heterocycles. The predicted octanol–water partition coefficient (Wildman–Crippen LogP) is 5.28. The lowest BCUT2D eigenvalue weighted by Gasteiger charge is -2.32. The van der Waals surface area contributed by atoms with Gasteiger partial charge in [-0.1, -0.05) is 67.8 Å². The number of H-pyrrole nitrogens is 2. The molecule has 8 N–H and O–H groups in total. The maximum Gasteiger partial charge on any atom is 0.245 e. The van der Waals surface area contributed by atoms with Crippen LogP contribution in [0.25, 0.3) is 22.5 Å². The van der Waals surface area contributed by atoms with Gasteiger partial charge in [-0.2, -0.15) is 10.2 Å². The smallest absolute Gasteiger partial charge is 0.245 e. The molecule has 2 aromatic heterocycles. The van der Waals surface area contributed by atoms with Crippen molar-refractivity contribution in [3.63, 3.8) is 0 Å². The van der Waals surface area contributed by atoms with E-state index in [2.05, 4.69) is 98.4 Å². The molecule has 1 atom stereocenters. The Morgan fingerprint density at radius 2 is 1.32 bits per heavy atom. The number of hydrogen-bond acceptors (Lipinski definition) is 6. The van der Waals surface area contributed by atoms with Crippen LogP contribution < -0.4 is 22.1 Å². The molecule has 1 aliphatic carbocycles. The van der Waals surface area contributed by atoms with Crippen LogP contribution in [0.1, 0.15) is 92.1 Å². The quantitative estimate of drug-likeness (QED) is 0.100. The second kappa shape index (κ2) is 18.2. The second-order valence-electron chi connectivity index (χ2n) is 14.8. The van der Waals surface area contributed by atoms with Crippen molar-refractivity contribution >= 4 is 17.8 Å². The molecule has 282 valence electrons. The number of likely N-dealkylation sites (tertiary alicyclic amines) is 1. The number of guanidine groups is 1. The molecule has 2 aromatic carbocycles. The summed E-state index contributed by atoms with van der Waals surface area (Å²) in [6.07, 6.45) is 9.29. The first-order valence-electron chi connectivity index (χ1n) is 19.3. The Bertz CT molecular complexity index is 1820. The number of aliphatic imine (C=N–C) groups is 1. The SMILES string of the molecule is Cc1ccccc1-c1cc(C2CCN(C(=O)CNC(=O)[C@H](N=C(N)N)C3CCCCC3)CC2)[nH]n1.Cc1ccccc1-c1cc(C2CCNCC2)[nH]n1. The lowest BCUT2D eigenvalue weighted by molar-refractivity contribution is -0.134. The highest BCUT2D eigenvalue weighted by molar-refractivity contribution is 5.89. The number of amides is 2. The molecular formula is C41H56N10O2. The number of piperidine rings is 2. The van der Waals surface area contributed by atoms with E-state index in [0.717, 1.165) is 74.3 Å². The normalized spacial score (nSPS) is 17.7. The molecule has 0 bridgehead atoms. The molecule has 3 aliphatic rings. The Labute approximate surface area is 313 Å². The molecule has 12 nitrogen and oxygen atoms in total. The first kappa shape index (κ1) is 37.8. The topological polar surface area (TPSA) is 183 Å². The van der Waals surface area contributed by atoms with E-state index in [4.69, 9.17) is 11.5 Å². The monoisotopic (exact) mass is 720 g/mol. The van der Waals surface area contributed by atoms with Crippen LogP contribution in [0, 0.1) is 19.8 Å². The largest absolute Gasteiger partial charge is 0.370 e. The molecule has 4 heterocycles. The fourth-order valence-electron chi connectivity index (χ4n) is 8.03. The zero-order chi connectivity index (χ0) is 37.2. The van der Waals surface area contributed by atoms with Crippen molar-refractivity contribution in [2.45, 2.75) is 89.5 Å². The maximum absolute atomic E-state index is 12.8. The molecule has 53 heavy (non-hydrogen) atoms. The van der Waals surface area contributed by atoms with Crippen LogP contribution in [0.5, 0.6) is 0 Å². The minimum Gasteiger partial charge on any atom is -0.370 e. The average Bonchev–Trinajstić information content (AvgIpc) is 3.89. The van der Waals surface area contributed by atoms with Gasteiger partial charge in [-0.15, -0.1) is 0 Å². The number of aromatic nitrogens is 4. The Balaban J connectivity index is 0.000000222. The number of nitrogens with zero attached hydrogens (tertiary/aromatic N) is 4. The van der Waals surface area contributed by atoms with Gasteiger partial charge in [0, 0.05) is 47.4 Å². The van der Waals surface area contributed by atoms with Crippen LogP contribution in [-0.2, 0) is 9.59 Å². The Hall–Kier alpha value is -4.97. The highest BCUT2D eigenvalue weighted by atomic mass is 16.2. The van der Waals surface area contributed by atoms with E-state index in [0.29, 0.717) is 24.9 Å². The molecule has 3 fully saturated rings. The van der Waals surface area contributed by atoms with E-state index in [1.165, 1.54) is 41.6 Å². The Morgan fingerprint density at radius 1 is 0.792 bits per heavy atom. The van der Waals surface area contributed by atoms with Crippen LogP contribution in [0.4, 0.5) is 0 Å². The van der Waals surface area contributed by atoms with E-state index in [-0.39, 0.29) is 30.2 Å². The summed E-state index contributed by atoms with van der Waals surface area (Å²) >= 11 is 0. The van der Waals surface area contributed by atoms with Gasteiger partial charge in [-0.3, -0.25) is 19.8 Å². The maximum atomic E-state index is 12.8. The van der Waals surface area contributed by atoms with E-state index in [9.17, 15) is 9.59 Å². The van der Waals surface area contributed by atoms with Gasteiger partial charge < -0.3 is 27.0 Å². The molecule has 0 radical (unpaired) electrons. The van der Waals surface area contributed by atoms with Crippen LogP contribution in [0.2, 0.25) is 0 Å². The van der Waals surface area contributed by atoms with Crippen molar-refractivity contribution in [1.82, 2.24) is 35.9 Å². The van der Waals surface area contributed by atoms with E-state index in [1.54, 1.807) is 0 Å².